The van der Waals surface area contributed by atoms with Gasteiger partial charge in [-0.1, -0.05) is 13.3 Å². The van der Waals surface area contributed by atoms with Crippen molar-refractivity contribution in [3.63, 3.8) is 0 Å². The van der Waals surface area contributed by atoms with Crippen LogP contribution in [0.15, 0.2) is 5.38 Å². The van der Waals surface area contributed by atoms with E-state index >= 15 is 0 Å². The normalized spacial score (nSPS) is 11.7. The lowest BCUT2D eigenvalue weighted by Gasteiger charge is -2.10. The Morgan fingerprint density at radius 3 is 2.57 bits per heavy atom. The van der Waals surface area contributed by atoms with Crippen LogP contribution in [0.3, 0.4) is 0 Å². The van der Waals surface area contributed by atoms with Gasteiger partial charge in [0.25, 0.3) is 0 Å². The molecule has 1 atom stereocenters. The summed E-state index contributed by atoms with van der Waals surface area (Å²) in [5.41, 5.74) is 5.83. The summed E-state index contributed by atoms with van der Waals surface area (Å²) in [6.07, 6.45) is -0.0402. The maximum Gasteiger partial charge on any atom is 0.516 e. The molecule has 1 heterocycles. The van der Waals surface area contributed by atoms with Crippen LogP contribution < -0.4 is 5.73 Å². The zero-order valence-electron chi connectivity index (χ0n) is 11.8. The Bertz CT molecular complexity index is 539. The molecular weight excluding hydrogens is 298 g/mol. The second-order valence-corrected chi connectivity index (χ2v) is 5.09. The van der Waals surface area contributed by atoms with Gasteiger partial charge in [-0.2, -0.15) is 0 Å². The molecule has 0 amide bonds. The van der Waals surface area contributed by atoms with Crippen molar-refractivity contribution in [2.45, 2.75) is 32.6 Å². The number of hydrogen-bond acceptors (Lipinski definition) is 7. The third-order valence-corrected chi connectivity index (χ3v) is 3.82. The lowest BCUT2D eigenvalue weighted by molar-refractivity contribution is -0.138. The number of thiophene rings is 1. The standard InChI is InChI=1S/C13H17NO6S/c1-3-5-7(11(15)16)10-9(14)8(6-21-10)12(17)20-13(18)19-4-2/h6-7H,3-5,14H2,1-2H3,(H,15,16). The monoisotopic (exact) mass is 315 g/mol. The Labute approximate surface area is 125 Å². The van der Waals surface area contributed by atoms with Gasteiger partial charge in [-0.3, -0.25) is 4.79 Å². The van der Waals surface area contributed by atoms with Crippen LogP contribution in [-0.4, -0.2) is 29.8 Å². The second-order valence-electron chi connectivity index (χ2n) is 4.18. The van der Waals surface area contributed by atoms with E-state index in [0.717, 1.165) is 11.3 Å². The minimum Gasteiger partial charge on any atom is -0.481 e. The first kappa shape index (κ1) is 17.0. The molecule has 3 N–H and O–H groups in total. The molecule has 1 unspecified atom stereocenters. The first-order valence-corrected chi connectivity index (χ1v) is 7.28. The van der Waals surface area contributed by atoms with E-state index in [0.29, 0.717) is 17.7 Å². The van der Waals surface area contributed by atoms with Crippen LogP contribution in [-0.2, 0) is 14.3 Å². The Morgan fingerprint density at radius 2 is 2.05 bits per heavy atom. The van der Waals surface area contributed by atoms with Gasteiger partial charge in [-0.25, -0.2) is 9.59 Å². The van der Waals surface area contributed by atoms with Crippen molar-refractivity contribution < 1.29 is 29.0 Å². The average Bonchev–Trinajstić information content (AvgIpc) is 2.77. The third kappa shape index (κ3) is 4.19. The Hall–Kier alpha value is -2.09. The summed E-state index contributed by atoms with van der Waals surface area (Å²) < 4.78 is 8.94. The van der Waals surface area contributed by atoms with Crippen molar-refractivity contribution in [2.75, 3.05) is 12.3 Å². The zero-order chi connectivity index (χ0) is 16.0. The fourth-order valence-electron chi connectivity index (χ4n) is 1.74. The van der Waals surface area contributed by atoms with Gasteiger partial charge in [0, 0.05) is 10.3 Å². The van der Waals surface area contributed by atoms with Crippen molar-refractivity contribution in [3.8, 4) is 0 Å². The number of esters is 1. The maximum absolute atomic E-state index is 11.8. The molecule has 0 aromatic carbocycles. The number of ether oxygens (including phenoxy) is 2. The number of carbonyl (C=O) groups excluding carboxylic acids is 2. The van der Waals surface area contributed by atoms with E-state index in [1.54, 1.807) is 6.92 Å². The molecule has 0 aliphatic carbocycles. The number of carboxylic acid groups (broad SMARTS) is 1. The highest BCUT2D eigenvalue weighted by molar-refractivity contribution is 7.11. The van der Waals surface area contributed by atoms with E-state index in [1.807, 2.05) is 6.92 Å². The molecule has 0 aliphatic heterocycles. The molecule has 0 aliphatic rings. The van der Waals surface area contributed by atoms with E-state index < -0.39 is 24.0 Å². The minimum atomic E-state index is -1.11. The van der Waals surface area contributed by atoms with Gasteiger partial charge >= 0.3 is 18.1 Å². The highest BCUT2D eigenvalue weighted by Gasteiger charge is 2.27. The molecule has 1 aromatic heterocycles. The van der Waals surface area contributed by atoms with Crippen LogP contribution in [0.25, 0.3) is 0 Å². The summed E-state index contributed by atoms with van der Waals surface area (Å²) in [7, 11) is 0. The van der Waals surface area contributed by atoms with Crippen LogP contribution in [0.2, 0.25) is 0 Å². The van der Waals surface area contributed by atoms with Gasteiger partial charge < -0.3 is 20.3 Å². The van der Waals surface area contributed by atoms with E-state index in [2.05, 4.69) is 9.47 Å². The van der Waals surface area contributed by atoms with Crippen molar-refractivity contribution in [3.05, 3.63) is 15.8 Å². The number of hydrogen-bond donors (Lipinski definition) is 2. The molecule has 0 fully saturated rings. The molecule has 0 saturated carbocycles. The van der Waals surface area contributed by atoms with E-state index in [-0.39, 0.29) is 17.9 Å². The molecule has 0 radical (unpaired) electrons. The predicted molar refractivity (Wildman–Crippen MR) is 76.5 cm³/mol. The van der Waals surface area contributed by atoms with Crippen LogP contribution >= 0.6 is 11.3 Å². The summed E-state index contributed by atoms with van der Waals surface area (Å²) >= 11 is 1.06. The molecule has 8 heteroatoms. The van der Waals surface area contributed by atoms with Gasteiger partial charge in [-0.15, -0.1) is 11.3 Å². The first-order valence-electron chi connectivity index (χ1n) is 6.40. The van der Waals surface area contributed by atoms with Gasteiger partial charge in [0.2, 0.25) is 0 Å². The molecule has 1 rings (SSSR count). The maximum atomic E-state index is 11.8. The summed E-state index contributed by atoms with van der Waals surface area (Å²) in [5.74, 6) is -2.73. The molecule has 1 aromatic rings. The summed E-state index contributed by atoms with van der Waals surface area (Å²) in [6.45, 7) is 3.51. The van der Waals surface area contributed by atoms with Crippen molar-refractivity contribution in [2.24, 2.45) is 0 Å². The fourth-order valence-corrected chi connectivity index (χ4v) is 2.83. The summed E-state index contributed by atoms with van der Waals surface area (Å²) in [4.78, 5) is 34.5. The molecular formula is C13H17NO6S. The molecule has 0 spiro atoms. The van der Waals surface area contributed by atoms with E-state index in [1.165, 1.54) is 5.38 Å². The lowest BCUT2D eigenvalue weighted by Crippen LogP contribution is -2.16. The van der Waals surface area contributed by atoms with E-state index in [9.17, 15) is 19.5 Å². The number of carbonyl (C=O) groups is 3. The number of aliphatic carboxylic acids is 1. The van der Waals surface area contributed by atoms with Gasteiger partial charge in [0.05, 0.1) is 23.8 Å². The van der Waals surface area contributed by atoms with E-state index in [4.69, 9.17) is 5.73 Å². The van der Waals surface area contributed by atoms with Gasteiger partial charge in [-0.05, 0) is 13.3 Å². The highest BCUT2D eigenvalue weighted by Crippen LogP contribution is 2.35. The predicted octanol–water partition coefficient (Wildman–Crippen LogP) is 2.61. The number of nitrogens with two attached hydrogens (primary N) is 1. The summed E-state index contributed by atoms with van der Waals surface area (Å²) in [6, 6.07) is 0. The smallest absolute Gasteiger partial charge is 0.481 e. The summed E-state index contributed by atoms with van der Waals surface area (Å²) in [5, 5.41) is 10.6. The van der Waals surface area contributed by atoms with Crippen LogP contribution in [0.4, 0.5) is 10.5 Å². The van der Waals surface area contributed by atoms with Gasteiger partial charge in [0.1, 0.15) is 0 Å². The Kier molecular flexibility index (Phi) is 6.16. The van der Waals surface area contributed by atoms with Crippen molar-refractivity contribution in [1.29, 1.82) is 0 Å². The quantitative estimate of drug-likeness (QED) is 0.612. The number of nitrogen functional groups attached to an aromatic ring is 1. The van der Waals surface area contributed by atoms with Crippen LogP contribution in [0.5, 0.6) is 0 Å². The lowest BCUT2D eigenvalue weighted by atomic mass is 10.0. The second kappa shape index (κ2) is 7.63. The molecule has 0 bridgehead atoms. The van der Waals surface area contributed by atoms with Crippen molar-refractivity contribution >= 4 is 35.1 Å². The number of rotatable bonds is 6. The Morgan fingerprint density at radius 1 is 1.38 bits per heavy atom. The largest absolute Gasteiger partial charge is 0.516 e. The molecule has 7 nitrogen and oxygen atoms in total. The van der Waals surface area contributed by atoms with Crippen LogP contribution in [0, 0.1) is 0 Å². The Balaban J connectivity index is 2.95. The minimum absolute atomic E-state index is 0.0228. The fraction of sp³-hybridized carbons (Fsp3) is 0.462. The highest BCUT2D eigenvalue weighted by atomic mass is 32.1. The average molecular weight is 315 g/mol. The molecule has 0 saturated heterocycles. The molecule has 116 valence electrons. The molecule has 21 heavy (non-hydrogen) atoms. The van der Waals surface area contributed by atoms with Gasteiger partial charge in [0.15, 0.2) is 0 Å². The first-order chi connectivity index (χ1) is 9.92. The SMILES string of the molecule is CCCC(C(=O)O)c1scc(C(=O)OC(=O)OCC)c1N. The van der Waals surface area contributed by atoms with Crippen LogP contribution in [0.1, 0.15) is 47.8 Å². The number of anilines is 1. The third-order valence-electron chi connectivity index (χ3n) is 2.71. The topological polar surface area (TPSA) is 116 Å². The van der Waals surface area contributed by atoms with Crippen molar-refractivity contribution in [1.82, 2.24) is 0 Å². The zero-order valence-corrected chi connectivity index (χ0v) is 12.6. The number of carboxylic acids is 1.